The SMILES string of the molecule is COc1ccccc1N(CC(=O)N(C(C)C)C(C)C)S(=O)(=O)c1ccc(Cl)cc1. The lowest BCUT2D eigenvalue weighted by molar-refractivity contribution is -0.133. The molecule has 0 aromatic heterocycles. The summed E-state index contributed by atoms with van der Waals surface area (Å²) >= 11 is 5.91. The van der Waals surface area contributed by atoms with Crippen LogP contribution in [0.4, 0.5) is 5.69 Å². The van der Waals surface area contributed by atoms with Gasteiger partial charge in [0.1, 0.15) is 12.3 Å². The average molecular weight is 439 g/mol. The zero-order chi connectivity index (χ0) is 21.8. The van der Waals surface area contributed by atoms with E-state index in [9.17, 15) is 13.2 Å². The van der Waals surface area contributed by atoms with Crippen molar-refractivity contribution in [3.63, 3.8) is 0 Å². The van der Waals surface area contributed by atoms with Crippen LogP contribution in [0.5, 0.6) is 5.75 Å². The minimum atomic E-state index is -4.04. The van der Waals surface area contributed by atoms with Crippen LogP contribution in [0.25, 0.3) is 0 Å². The predicted octanol–water partition coefficient (Wildman–Crippen LogP) is 4.19. The molecule has 0 saturated heterocycles. The van der Waals surface area contributed by atoms with Crippen LogP contribution in [0.2, 0.25) is 5.02 Å². The fourth-order valence-corrected chi connectivity index (χ4v) is 4.80. The summed E-state index contributed by atoms with van der Waals surface area (Å²) in [7, 11) is -2.58. The lowest BCUT2D eigenvalue weighted by atomic mass is 10.2. The molecule has 2 aromatic rings. The van der Waals surface area contributed by atoms with Crippen molar-refractivity contribution in [2.24, 2.45) is 0 Å². The molecule has 0 N–H and O–H groups in total. The number of methoxy groups -OCH3 is 1. The molecular formula is C21H27ClN2O4S. The second-order valence-corrected chi connectivity index (χ2v) is 9.42. The Hall–Kier alpha value is -2.25. The molecular weight excluding hydrogens is 412 g/mol. The van der Waals surface area contributed by atoms with Crippen molar-refractivity contribution < 1.29 is 17.9 Å². The summed E-state index contributed by atoms with van der Waals surface area (Å²) < 4.78 is 33.4. The quantitative estimate of drug-likeness (QED) is 0.619. The highest BCUT2D eigenvalue weighted by atomic mass is 35.5. The van der Waals surface area contributed by atoms with Crippen molar-refractivity contribution in [1.82, 2.24) is 4.90 Å². The highest BCUT2D eigenvalue weighted by Crippen LogP contribution is 2.32. The van der Waals surface area contributed by atoms with Crippen molar-refractivity contribution in [3.8, 4) is 5.75 Å². The standard InChI is InChI=1S/C21H27ClN2O4S/c1-15(2)24(16(3)4)21(25)14-23(19-8-6-7-9-20(19)28-5)29(26,27)18-12-10-17(22)11-13-18/h6-13,15-16H,14H2,1-5H3. The molecule has 2 rings (SSSR count). The summed E-state index contributed by atoms with van der Waals surface area (Å²) in [5.74, 6) is 0.0666. The van der Waals surface area contributed by atoms with Gasteiger partial charge in [0.15, 0.2) is 0 Å². The number of carbonyl (C=O) groups excluding carboxylic acids is 1. The molecule has 0 unspecified atom stereocenters. The monoisotopic (exact) mass is 438 g/mol. The van der Waals surface area contributed by atoms with Crippen molar-refractivity contribution in [2.45, 2.75) is 44.7 Å². The second-order valence-electron chi connectivity index (χ2n) is 7.13. The molecule has 0 bridgehead atoms. The van der Waals surface area contributed by atoms with E-state index >= 15 is 0 Å². The van der Waals surface area contributed by atoms with E-state index in [-0.39, 0.29) is 29.4 Å². The molecule has 0 fully saturated rings. The van der Waals surface area contributed by atoms with Gasteiger partial charge in [0, 0.05) is 17.1 Å². The number of ether oxygens (including phenoxy) is 1. The molecule has 0 heterocycles. The van der Waals surface area contributed by atoms with E-state index in [2.05, 4.69) is 0 Å². The Labute approximate surface area is 178 Å². The van der Waals surface area contributed by atoms with Gasteiger partial charge in [0.2, 0.25) is 5.91 Å². The largest absolute Gasteiger partial charge is 0.495 e. The summed E-state index contributed by atoms with van der Waals surface area (Å²) in [5.41, 5.74) is 0.297. The molecule has 2 aromatic carbocycles. The van der Waals surface area contributed by atoms with E-state index < -0.39 is 10.0 Å². The van der Waals surface area contributed by atoms with Crippen LogP contribution < -0.4 is 9.04 Å². The number of nitrogens with zero attached hydrogens (tertiary/aromatic N) is 2. The Morgan fingerprint density at radius 1 is 1.00 bits per heavy atom. The van der Waals surface area contributed by atoms with Gasteiger partial charge < -0.3 is 9.64 Å². The van der Waals surface area contributed by atoms with Gasteiger partial charge in [-0.25, -0.2) is 8.42 Å². The minimum Gasteiger partial charge on any atom is -0.495 e. The maximum absolute atomic E-state index is 13.5. The Kier molecular flexibility index (Phi) is 7.54. The summed E-state index contributed by atoms with van der Waals surface area (Å²) in [6, 6.07) is 12.4. The third-order valence-electron chi connectivity index (χ3n) is 4.44. The average Bonchev–Trinajstić information content (AvgIpc) is 2.65. The van der Waals surface area contributed by atoms with Crippen LogP contribution in [-0.4, -0.2) is 45.0 Å². The molecule has 0 aliphatic carbocycles. The van der Waals surface area contributed by atoms with E-state index in [4.69, 9.17) is 16.3 Å². The number of anilines is 1. The number of hydrogen-bond acceptors (Lipinski definition) is 4. The van der Waals surface area contributed by atoms with Gasteiger partial charge in [0.25, 0.3) is 10.0 Å². The number of hydrogen-bond donors (Lipinski definition) is 0. The van der Waals surface area contributed by atoms with Crippen LogP contribution in [0, 0.1) is 0 Å². The predicted molar refractivity (Wildman–Crippen MR) is 116 cm³/mol. The first-order valence-corrected chi connectivity index (χ1v) is 11.1. The van der Waals surface area contributed by atoms with Crippen molar-refractivity contribution in [3.05, 3.63) is 53.6 Å². The van der Waals surface area contributed by atoms with E-state index in [0.717, 1.165) is 4.31 Å². The molecule has 29 heavy (non-hydrogen) atoms. The lowest BCUT2D eigenvalue weighted by Gasteiger charge is -2.34. The summed E-state index contributed by atoms with van der Waals surface area (Å²) in [5, 5.41) is 0.426. The zero-order valence-corrected chi connectivity index (χ0v) is 18.9. The van der Waals surface area contributed by atoms with Crippen molar-refractivity contribution in [1.29, 1.82) is 0 Å². The molecule has 8 heteroatoms. The first-order valence-electron chi connectivity index (χ1n) is 9.32. The van der Waals surface area contributed by atoms with Crippen molar-refractivity contribution >= 4 is 33.2 Å². The number of para-hydroxylation sites is 2. The minimum absolute atomic E-state index is 0.0428. The summed E-state index contributed by atoms with van der Waals surface area (Å²) in [6.45, 7) is 7.26. The van der Waals surface area contributed by atoms with Gasteiger partial charge >= 0.3 is 0 Å². The molecule has 158 valence electrons. The Bertz CT molecular complexity index is 935. The van der Waals surface area contributed by atoms with E-state index in [0.29, 0.717) is 16.5 Å². The van der Waals surface area contributed by atoms with Crippen LogP contribution in [0.3, 0.4) is 0 Å². The number of amides is 1. The van der Waals surface area contributed by atoms with Crippen molar-refractivity contribution in [2.75, 3.05) is 18.0 Å². The van der Waals surface area contributed by atoms with Gasteiger partial charge in [-0.15, -0.1) is 0 Å². The van der Waals surface area contributed by atoms with Gasteiger partial charge in [-0.05, 0) is 64.1 Å². The van der Waals surface area contributed by atoms with Gasteiger partial charge in [-0.2, -0.15) is 0 Å². The van der Waals surface area contributed by atoms with Crippen LogP contribution >= 0.6 is 11.6 Å². The van der Waals surface area contributed by atoms with Crippen LogP contribution in [-0.2, 0) is 14.8 Å². The Morgan fingerprint density at radius 3 is 2.07 bits per heavy atom. The smallest absolute Gasteiger partial charge is 0.264 e. The number of benzene rings is 2. The molecule has 0 saturated carbocycles. The molecule has 0 aliphatic heterocycles. The normalized spacial score (nSPS) is 11.6. The molecule has 0 atom stereocenters. The molecule has 0 spiro atoms. The van der Waals surface area contributed by atoms with Gasteiger partial charge in [-0.1, -0.05) is 23.7 Å². The second kappa shape index (κ2) is 9.50. The van der Waals surface area contributed by atoms with Gasteiger partial charge in [0.05, 0.1) is 17.7 Å². The highest BCUT2D eigenvalue weighted by molar-refractivity contribution is 7.92. The van der Waals surface area contributed by atoms with Crippen LogP contribution in [0.15, 0.2) is 53.4 Å². The van der Waals surface area contributed by atoms with E-state index in [1.807, 2.05) is 27.7 Å². The fourth-order valence-electron chi connectivity index (χ4n) is 3.25. The molecule has 1 amide bonds. The molecule has 0 radical (unpaired) electrons. The third kappa shape index (κ3) is 5.22. The third-order valence-corrected chi connectivity index (χ3v) is 6.46. The first kappa shape index (κ1) is 23.0. The maximum atomic E-state index is 13.5. The molecule has 6 nitrogen and oxygen atoms in total. The Balaban J connectivity index is 2.57. The van der Waals surface area contributed by atoms with E-state index in [1.165, 1.54) is 31.4 Å². The Morgan fingerprint density at radius 2 is 1.55 bits per heavy atom. The highest BCUT2D eigenvalue weighted by Gasteiger charge is 2.32. The number of carbonyl (C=O) groups is 1. The summed E-state index contributed by atoms with van der Waals surface area (Å²) in [4.78, 5) is 14.8. The van der Waals surface area contributed by atoms with Gasteiger partial charge in [-0.3, -0.25) is 9.10 Å². The maximum Gasteiger partial charge on any atom is 0.264 e. The van der Waals surface area contributed by atoms with E-state index in [1.54, 1.807) is 29.2 Å². The lowest BCUT2D eigenvalue weighted by Crippen LogP contribution is -2.48. The first-order chi connectivity index (χ1) is 13.6. The number of sulfonamides is 1. The molecule has 0 aliphatic rings. The van der Waals surface area contributed by atoms with Crippen LogP contribution in [0.1, 0.15) is 27.7 Å². The topological polar surface area (TPSA) is 66.9 Å². The summed E-state index contributed by atoms with van der Waals surface area (Å²) in [6.07, 6.45) is 0. The zero-order valence-electron chi connectivity index (χ0n) is 17.3. The number of halogens is 1. The fraction of sp³-hybridized carbons (Fsp3) is 0.381. The number of rotatable bonds is 8.